The fraction of sp³-hybridized carbons (Fsp3) is 0.592. The van der Waals surface area contributed by atoms with Gasteiger partial charge in [-0.15, -0.1) is 11.8 Å². The molecule has 2 unspecified atom stereocenters. The predicted molar refractivity (Wildman–Crippen MR) is 391 cm³/mol. The number of methoxy groups -OCH3 is 1. The fourth-order valence-electron chi connectivity index (χ4n) is 14.3. The molecule has 3 aromatic carbocycles. The molecule has 3 aromatic rings. The zero-order valence-electron chi connectivity index (χ0n) is 61.2. The number of aliphatic hydroxyl groups excluding tert-OH is 1. The van der Waals surface area contributed by atoms with Gasteiger partial charge in [0.1, 0.15) is 60.1 Å². The van der Waals surface area contributed by atoms with E-state index in [1.54, 1.807) is 43.0 Å². The molecular formula is C76H106N12O15S. The minimum atomic E-state index is -1.25. The maximum atomic E-state index is 15.0. The number of aromatic hydroxyl groups is 1. The van der Waals surface area contributed by atoms with Crippen molar-refractivity contribution in [1.82, 2.24) is 56.4 Å². The molecule has 0 radical (unpaired) electrons. The Morgan fingerprint density at radius 2 is 1.21 bits per heavy atom. The van der Waals surface area contributed by atoms with Crippen LogP contribution in [0.1, 0.15) is 142 Å². The number of hydrogen-bond acceptors (Lipinski definition) is 17. The Kier molecular flexibility index (Phi) is 30.1. The molecule has 11 amide bonds. The minimum absolute atomic E-state index is 0.0669. The molecule has 28 heteroatoms. The van der Waals surface area contributed by atoms with Gasteiger partial charge in [0.05, 0.1) is 37.3 Å². The Morgan fingerprint density at radius 3 is 1.84 bits per heavy atom. The summed E-state index contributed by atoms with van der Waals surface area (Å²) in [6.45, 7) is 11.4. The van der Waals surface area contributed by atoms with Crippen LogP contribution < -0.4 is 31.9 Å². The summed E-state index contributed by atoms with van der Waals surface area (Å²) >= 11 is 1.36. The molecule has 0 aliphatic carbocycles. The van der Waals surface area contributed by atoms with Crippen LogP contribution in [-0.2, 0) is 81.5 Å². The molecule has 566 valence electrons. The topological polar surface area (TPSA) is 355 Å². The molecule has 8 rings (SSSR count). The van der Waals surface area contributed by atoms with Crippen molar-refractivity contribution in [3.05, 3.63) is 102 Å². The lowest BCUT2D eigenvalue weighted by atomic mass is 9.96. The number of esters is 1. The molecular weight excluding hydrogens is 1350 g/mol. The van der Waals surface area contributed by atoms with Gasteiger partial charge in [-0.2, -0.15) is 0 Å². The number of hydrogen-bond donors (Lipinski definition) is 8. The zero-order valence-corrected chi connectivity index (χ0v) is 62.0. The van der Waals surface area contributed by atoms with Crippen LogP contribution in [0.5, 0.6) is 5.75 Å². The largest absolute Gasteiger partial charge is 0.508 e. The third-order valence-electron chi connectivity index (χ3n) is 20.3. The van der Waals surface area contributed by atoms with Crippen LogP contribution in [0.4, 0.5) is 0 Å². The van der Waals surface area contributed by atoms with Gasteiger partial charge >= 0.3 is 5.97 Å². The first-order valence-electron chi connectivity index (χ1n) is 36.8. The number of carbonyl (C=O) groups is 12. The number of aliphatic hydroxyl groups is 1. The number of benzene rings is 3. The van der Waals surface area contributed by atoms with Gasteiger partial charge in [0.25, 0.3) is 0 Å². The number of thioether (sulfide) groups is 1. The van der Waals surface area contributed by atoms with Crippen molar-refractivity contribution in [3.8, 4) is 5.75 Å². The van der Waals surface area contributed by atoms with Crippen LogP contribution in [0.3, 0.4) is 0 Å². The summed E-state index contributed by atoms with van der Waals surface area (Å²) in [6.07, 6.45) is 4.42. The Bertz CT molecular complexity index is 3530. The maximum absolute atomic E-state index is 15.0. The second kappa shape index (κ2) is 38.7. The third-order valence-corrected chi connectivity index (χ3v) is 21.5. The summed E-state index contributed by atoms with van der Waals surface area (Å²) in [5.74, 6) is -6.60. The van der Waals surface area contributed by atoms with Gasteiger partial charge in [0.2, 0.25) is 65.0 Å². The van der Waals surface area contributed by atoms with E-state index in [9.17, 15) is 63.0 Å². The number of aryl methyl sites for hydroxylation is 1. The molecule has 27 nitrogen and oxygen atoms in total. The van der Waals surface area contributed by atoms with Gasteiger partial charge in [-0.1, -0.05) is 121 Å². The Balaban J connectivity index is 0.865. The number of aliphatic imine (C=N–C) groups is 1. The molecule has 104 heavy (non-hydrogen) atoms. The van der Waals surface area contributed by atoms with Gasteiger partial charge in [-0.05, 0) is 117 Å². The lowest BCUT2D eigenvalue weighted by Crippen LogP contribution is -2.60. The van der Waals surface area contributed by atoms with Crippen LogP contribution in [0, 0.1) is 17.8 Å². The second-order valence-corrected chi connectivity index (χ2v) is 29.8. The van der Waals surface area contributed by atoms with Gasteiger partial charge in [-0.25, -0.2) is 4.79 Å². The van der Waals surface area contributed by atoms with Crippen molar-refractivity contribution in [2.24, 2.45) is 22.7 Å². The van der Waals surface area contributed by atoms with Crippen molar-refractivity contribution < 1.29 is 72.5 Å². The standard InChI is InChI=1S/C76H106N12O15S/c1-9-48(6)66(70(97)80-55(40-50-21-12-10-13-22-50)73(99)88-38-20-29-60(88)76(102)103-8)83-68(95)57-26-17-35-85(57)72(98)54(39-46(2)3)79-67(94)56-45-104-71(81-56)58-27-18-36-86(58)74(100)59-28-19-37-87(59)75(101)61(41-51-23-14-11-15-24-51)84(7)64(93)44-78-69(96)65(47(4)5)82-63(92)42-53(90)43-77-62(91)30-16-25-49-31-33-52(89)34-32-49/h10-15,21-24,31-34,46-48,53-61,65-66,89-90H,9,16-20,25-30,35-45H2,1-8H3,(H,77,91)(H,78,96)(H,79,94)(H,80,97)(H,82,92)(H,83,95)/t48-,53?,54+,55+,56?,57-,58-,59-,60-,61+,65-,66-/m0/s1. The van der Waals surface area contributed by atoms with E-state index < -0.39 is 150 Å². The first kappa shape index (κ1) is 80.8. The quantitative estimate of drug-likeness (QED) is 0.0398. The maximum Gasteiger partial charge on any atom is 0.328 e. The van der Waals surface area contributed by atoms with Gasteiger partial charge in [0.15, 0.2) is 0 Å². The number of carbonyl (C=O) groups excluding carboxylic acids is 12. The van der Waals surface area contributed by atoms with Crippen molar-refractivity contribution in [1.29, 1.82) is 0 Å². The third kappa shape index (κ3) is 21.8. The summed E-state index contributed by atoms with van der Waals surface area (Å²) in [4.78, 5) is 181. The van der Waals surface area contributed by atoms with E-state index in [1.807, 2.05) is 88.4 Å². The van der Waals surface area contributed by atoms with E-state index in [4.69, 9.17) is 9.73 Å². The van der Waals surface area contributed by atoms with Crippen molar-refractivity contribution >= 4 is 87.8 Å². The monoisotopic (exact) mass is 1460 g/mol. The van der Waals surface area contributed by atoms with E-state index >= 15 is 4.79 Å². The van der Waals surface area contributed by atoms with E-state index in [2.05, 4.69) is 31.9 Å². The highest BCUT2D eigenvalue weighted by atomic mass is 32.2. The zero-order chi connectivity index (χ0) is 75.3. The normalized spacial score (nSPS) is 20.7. The summed E-state index contributed by atoms with van der Waals surface area (Å²) < 4.78 is 5.01. The van der Waals surface area contributed by atoms with Crippen molar-refractivity contribution in [2.45, 2.75) is 211 Å². The molecule has 4 saturated heterocycles. The summed E-state index contributed by atoms with van der Waals surface area (Å²) in [5.41, 5.74) is 2.47. The first-order valence-corrected chi connectivity index (χ1v) is 37.8. The fourth-order valence-corrected chi connectivity index (χ4v) is 15.5. The predicted octanol–water partition coefficient (Wildman–Crippen LogP) is 3.35. The minimum Gasteiger partial charge on any atom is -0.508 e. The number of likely N-dealkylation sites (N-methyl/N-ethyl adjacent to an activating group) is 1. The van der Waals surface area contributed by atoms with Crippen molar-refractivity contribution in [3.63, 3.8) is 0 Å². The van der Waals surface area contributed by atoms with E-state index in [0.717, 1.165) is 16.7 Å². The van der Waals surface area contributed by atoms with Crippen LogP contribution in [-0.4, -0.2) is 236 Å². The Morgan fingerprint density at radius 1 is 0.625 bits per heavy atom. The molecule has 0 bridgehead atoms. The number of likely N-dealkylation sites (tertiary alicyclic amines) is 4. The lowest BCUT2D eigenvalue weighted by molar-refractivity contribution is -0.152. The second-order valence-electron chi connectivity index (χ2n) is 28.8. The number of ether oxygens (including phenoxy) is 1. The molecule has 8 N–H and O–H groups in total. The van der Waals surface area contributed by atoms with E-state index in [0.29, 0.717) is 88.8 Å². The highest BCUT2D eigenvalue weighted by molar-refractivity contribution is 8.14. The summed E-state index contributed by atoms with van der Waals surface area (Å²) in [7, 11) is 2.74. The lowest BCUT2D eigenvalue weighted by Gasteiger charge is -2.35. The van der Waals surface area contributed by atoms with E-state index in [-0.39, 0.29) is 74.6 Å². The summed E-state index contributed by atoms with van der Waals surface area (Å²) in [5, 5.41) is 37.5. The first-order chi connectivity index (χ1) is 49.8. The molecule has 5 aliphatic rings. The smallest absolute Gasteiger partial charge is 0.328 e. The number of phenolic OH excluding ortho intramolecular Hbond substituents is 1. The van der Waals surface area contributed by atoms with Crippen LogP contribution in [0.25, 0.3) is 0 Å². The highest BCUT2D eigenvalue weighted by Crippen LogP contribution is 2.33. The number of phenols is 1. The Hall–Kier alpha value is -8.92. The average molecular weight is 1460 g/mol. The van der Waals surface area contributed by atoms with Crippen LogP contribution in [0.15, 0.2) is 89.9 Å². The van der Waals surface area contributed by atoms with Gasteiger partial charge in [0, 0.05) is 64.8 Å². The SMILES string of the molecule is CC[C@H](C)[C@H](NC(=O)[C@@H]1CCCN1C(=O)[C@@H](CC(C)C)NC(=O)C1CSC([C@@H]2CCCN2C(=O)[C@@H]2CCCN2C(=O)[C@@H](Cc2ccccc2)N(C)C(=O)CNC(=O)[C@@H](NC(=O)CC(O)CNC(=O)CCCc2ccc(O)cc2)C(C)C)=N1)C(=O)N[C@H](Cc1ccccc1)C(=O)N1CCC[C@H]1C(=O)OC. The molecule has 12 atom stereocenters. The van der Waals surface area contributed by atoms with Gasteiger partial charge < -0.3 is 71.4 Å². The Labute approximate surface area is 613 Å². The average Bonchev–Trinajstić information content (AvgIpc) is 1.57. The molecule has 5 heterocycles. The summed E-state index contributed by atoms with van der Waals surface area (Å²) in [6, 6.07) is 15.5. The molecule has 0 aromatic heterocycles. The van der Waals surface area contributed by atoms with Crippen molar-refractivity contribution in [2.75, 3.05) is 59.2 Å². The number of nitrogens with zero attached hydrogens (tertiary/aromatic N) is 6. The van der Waals surface area contributed by atoms with Crippen LogP contribution >= 0.6 is 11.8 Å². The number of rotatable bonds is 34. The molecule has 0 spiro atoms. The van der Waals surface area contributed by atoms with Crippen LogP contribution in [0.2, 0.25) is 0 Å². The highest BCUT2D eigenvalue weighted by Gasteiger charge is 2.47. The molecule has 4 fully saturated rings. The number of nitrogens with one attached hydrogen (secondary N) is 6. The van der Waals surface area contributed by atoms with E-state index in [1.165, 1.54) is 45.5 Å². The molecule has 5 aliphatic heterocycles. The molecule has 0 saturated carbocycles. The van der Waals surface area contributed by atoms with Gasteiger partial charge in [-0.3, -0.25) is 57.7 Å². The number of amides is 11.